The van der Waals surface area contributed by atoms with Crippen LogP contribution in [-0.2, 0) is 11.2 Å². The minimum atomic E-state index is -0.0238. The molecule has 7 nitrogen and oxygen atoms in total. The van der Waals surface area contributed by atoms with E-state index in [1.807, 2.05) is 12.1 Å². The van der Waals surface area contributed by atoms with Crippen LogP contribution < -0.4 is 20.1 Å². The van der Waals surface area contributed by atoms with Gasteiger partial charge in [-0.15, -0.1) is 0 Å². The Morgan fingerprint density at radius 2 is 1.93 bits per heavy atom. The highest BCUT2D eigenvalue weighted by molar-refractivity contribution is 7.98. The number of carbonyl (C=O) groups excluding carboxylic acids is 1. The first-order chi connectivity index (χ1) is 13.4. The van der Waals surface area contributed by atoms with Gasteiger partial charge in [0.05, 0.1) is 14.2 Å². The summed E-state index contributed by atoms with van der Waals surface area (Å²) in [6.45, 7) is 3.85. The van der Waals surface area contributed by atoms with Crippen LogP contribution in [0.15, 0.2) is 23.2 Å². The van der Waals surface area contributed by atoms with Crippen LogP contribution in [0.2, 0.25) is 0 Å². The average Bonchev–Trinajstić information content (AvgIpc) is 2.69. The van der Waals surface area contributed by atoms with E-state index in [1.54, 1.807) is 45.0 Å². The number of benzene rings is 1. The van der Waals surface area contributed by atoms with Crippen molar-refractivity contribution < 1.29 is 14.3 Å². The lowest BCUT2D eigenvalue weighted by atomic mass is 10.0. The summed E-state index contributed by atoms with van der Waals surface area (Å²) in [5, 5.41) is 6.63. The van der Waals surface area contributed by atoms with Gasteiger partial charge < -0.3 is 25.0 Å². The third kappa shape index (κ3) is 8.73. The number of ether oxygens (including phenoxy) is 2. The average molecular weight is 411 g/mol. The van der Waals surface area contributed by atoms with Crippen LogP contribution in [0, 0.1) is 5.92 Å². The molecule has 0 spiro atoms. The molecule has 0 aliphatic rings. The number of hydrogen-bond acceptors (Lipinski definition) is 5. The molecule has 1 amide bonds. The second kappa shape index (κ2) is 13.1. The first-order valence-electron chi connectivity index (χ1n) is 9.33. The molecular formula is C20H34N4O3S. The van der Waals surface area contributed by atoms with Gasteiger partial charge in [-0.25, -0.2) is 4.99 Å². The summed E-state index contributed by atoms with van der Waals surface area (Å²) >= 11 is 1.76. The van der Waals surface area contributed by atoms with Crippen molar-refractivity contribution in [2.45, 2.75) is 13.3 Å². The summed E-state index contributed by atoms with van der Waals surface area (Å²) in [6, 6.07) is 5.99. The maximum atomic E-state index is 11.8. The summed E-state index contributed by atoms with van der Waals surface area (Å²) < 4.78 is 10.7. The Hall–Kier alpha value is -2.09. The lowest BCUT2D eigenvalue weighted by molar-refractivity contribution is -0.127. The fourth-order valence-electron chi connectivity index (χ4n) is 2.49. The van der Waals surface area contributed by atoms with Gasteiger partial charge in [0.25, 0.3) is 0 Å². The first kappa shape index (κ1) is 23.9. The summed E-state index contributed by atoms with van der Waals surface area (Å²) in [7, 11) is 6.75. The van der Waals surface area contributed by atoms with Crippen molar-refractivity contribution >= 4 is 23.6 Å². The van der Waals surface area contributed by atoms with Crippen LogP contribution >= 0.6 is 11.8 Å². The van der Waals surface area contributed by atoms with Crippen LogP contribution in [0.4, 0.5) is 0 Å². The van der Waals surface area contributed by atoms with Crippen LogP contribution in [0.5, 0.6) is 11.5 Å². The molecule has 2 N–H and O–H groups in total. The summed E-state index contributed by atoms with van der Waals surface area (Å²) in [4.78, 5) is 17.8. The van der Waals surface area contributed by atoms with Crippen molar-refractivity contribution in [3.8, 4) is 11.5 Å². The molecule has 0 saturated carbocycles. The highest BCUT2D eigenvalue weighted by atomic mass is 32.2. The number of amides is 1. The van der Waals surface area contributed by atoms with Gasteiger partial charge in [0, 0.05) is 32.9 Å². The lowest BCUT2D eigenvalue weighted by Gasteiger charge is -2.17. The van der Waals surface area contributed by atoms with E-state index in [2.05, 4.69) is 34.9 Å². The number of nitrogens with one attached hydrogen (secondary N) is 2. The Labute approximate surface area is 173 Å². The van der Waals surface area contributed by atoms with Crippen molar-refractivity contribution in [3.05, 3.63) is 23.8 Å². The van der Waals surface area contributed by atoms with E-state index < -0.39 is 0 Å². The molecule has 0 fully saturated rings. The van der Waals surface area contributed by atoms with Crippen molar-refractivity contribution in [1.29, 1.82) is 0 Å². The van der Waals surface area contributed by atoms with Crippen molar-refractivity contribution in [1.82, 2.24) is 15.5 Å². The Balaban J connectivity index is 2.64. The predicted octanol–water partition coefficient (Wildman–Crippen LogP) is 1.87. The number of carbonyl (C=O) groups is 1. The normalized spacial score (nSPS) is 12.3. The quantitative estimate of drug-likeness (QED) is 0.330. The van der Waals surface area contributed by atoms with Gasteiger partial charge in [-0.2, -0.15) is 11.8 Å². The number of thioether (sulfide) groups is 1. The molecule has 1 aromatic rings. The van der Waals surface area contributed by atoms with E-state index in [0.29, 0.717) is 11.9 Å². The van der Waals surface area contributed by atoms with E-state index >= 15 is 0 Å². The molecule has 0 saturated heterocycles. The molecule has 1 atom stereocenters. The SMILES string of the molecule is COc1ccc(CC(C)CNC(=NCC(=O)N(C)C)NCCSC)cc1OC. The van der Waals surface area contributed by atoms with Crippen LogP contribution in [0.3, 0.4) is 0 Å². The van der Waals surface area contributed by atoms with E-state index in [4.69, 9.17) is 9.47 Å². The Morgan fingerprint density at radius 1 is 1.21 bits per heavy atom. The standard InChI is InChI=1S/C20H34N4O3S/c1-15(11-16-7-8-17(26-4)18(12-16)27-5)13-22-20(21-9-10-28-6)23-14-19(25)24(2)3/h7-8,12,15H,9-11,13-14H2,1-6H3,(H2,21,22,23). The zero-order chi connectivity index (χ0) is 20.9. The van der Waals surface area contributed by atoms with Gasteiger partial charge in [-0.3, -0.25) is 4.79 Å². The van der Waals surface area contributed by atoms with E-state index in [0.717, 1.165) is 36.8 Å². The maximum Gasteiger partial charge on any atom is 0.243 e. The van der Waals surface area contributed by atoms with E-state index in [-0.39, 0.29) is 12.5 Å². The molecule has 0 heterocycles. The number of methoxy groups -OCH3 is 2. The van der Waals surface area contributed by atoms with E-state index in [9.17, 15) is 4.79 Å². The maximum absolute atomic E-state index is 11.8. The van der Waals surface area contributed by atoms with Crippen LogP contribution in [-0.4, -0.2) is 76.7 Å². The molecule has 0 radical (unpaired) electrons. The Bertz CT molecular complexity index is 638. The van der Waals surface area contributed by atoms with Crippen LogP contribution in [0.25, 0.3) is 0 Å². The summed E-state index contributed by atoms with van der Waals surface area (Å²) in [6.07, 6.45) is 2.95. The number of rotatable bonds is 11. The van der Waals surface area contributed by atoms with Gasteiger partial charge in [0.15, 0.2) is 17.5 Å². The fourth-order valence-corrected chi connectivity index (χ4v) is 2.79. The largest absolute Gasteiger partial charge is 0.493 e. The molecule has 28 heavy (non-hydrogen) atoms. The number of hydrogen-bond donors (Lipinski definition) is 2. The molecule has 1 unspecified atom stereocenters. The van der Waals surface area contributed by atoms with Crippen LogP contribution in [0.1, 0.15) is 12.5 Å². The molecule has 8 heteroatoms. The fraction of sp³-hybridized carbons (Fsp3) is 0.600. The Morgan fingerprint density at radius 3 is 2.54 bits per heavy atom. The monoisotopic (exact) mass is 410 g/mol. The van der Waals surface area contributed by atoms with Crippen molar-refractivity contribution in [2.75, 3.05) is 60.0 Å². The molecule has 0 aromatic heterocycles. The van der Waals surface area contributed by atoms with E-state index in [1.165, 1.54) is 5.56 Å². The number of likely N-dealkylation sites (N-methyl/N-ethyl adjacent to an activating group) is 1. The molecule has 1 aromatic carbocycles. The predicted molar refractivity (Wildman–Crippen MR) is 118 cm³/mol. The van der Waals surface area contributed by atoms with Crippen molar-refractivity contribution in [3.63, 3.8) is 0 Å². The number of nitrogens with zero attached hydrogens (tertiary/aromatic N) is 2. The third-order valence-electron chi connectivity index (χ3n) is 4.12. The zero-order valence-corrected chi connectivity index (χ0v) is 18.7. The lowest BCUT2D eigenvalue weighted by Crippen LogP contribution is -2.41. The van der Waals surface area contributed by atoms with Gasteiger partial charge in [-0.05, 0) is 36.3 Å². The molecule has 1 rings (SSSR count). The molecule has 0 aliphatic heterocycles. The molecule has 0 aliphatic carbocycles. The minimum absolute atomic E-state index is 0.0238. The summed E-state index contributed by atoms with van der Waals surface area (Å²) in [5.74, 6) is 3.46. The highest BCUT2D eigenvalue weighted by Gasteiger charge is 2.10. The van der Waals surface area contributed by atoms with Gasteiger partial charge in [0.1, 0.15) is 6.54 Å². The first-order valence-corrected chi connectivity index (χ1v) is 10.7. The minimum Gasteiger partial charge on any atom is -0.493 e. The molecule has 158 valence electrons. The second-order valence-electron chi connectivity index (χ2n) is 6.75. The summed E-state index contributed by atoms with van der Waals surface area (Å²) in [5.41, 5.74) is 1.18. The number of aliphatic imine (C=N–C) groups is 1. The van der Waals surface area contributed by atoms with Gasteiger partial charge in [0.2, 0.25) is 5.91 Å². The smallest absolute Gasteiger partial charge is 0.243 e. The topological polar surface area (TPSA) is 75.2 Å². The highest BCUT2D eigenvalue weighted by Crippen LogP contribution is 2.28. The van der Waals surface area contributed by atoms with Crippen molar-refractivity contribution in [2.24, 2.45) is 10.9 Å². The molecular weight excluding hydrogens is 376 g/mol. The second-order valence-corrected chi connectivity index (χ2v) is 7.74. The van der Waals surface area contributed by atoms with Gasteiger partial charge >= 0.3 is 0 Å². The third-order valence-corrected chi connectivity index (χ3v) is 4.73. The Kier molecular flexibility index (Phi) is 11.2. The number of guanidine groups is 1. The molecule has 0 bridgehead atoms. The van der Waals surface area contributed by atoms with Gasteiger partial charge in [-0.1, -0.05) is 13.0 Å². The zero-order valence-electron chi connectivity index (χ0n) is 17.9.